The molecule has 1 saturated heterocycles. The van der Waals surface area contributed by atoms with Gasteiger partial charge >= 0.3 is 0 Å². The van der Waals surface area contributed by atoms with E-state index >= 15 is 0 Å². The smallest absolute Gasteiger partial charge is 0.254 e. The Labute approximate surface area is 436 Å². The number of methoxy groups -OCH3 is 2. The SMILES string of the molecule is CC(C)ON1C(=O)CCC1=O.CC(C)Oc1cc(Cl)cc(Cl)c1Cl.COC(C)C.COC(C)C.Cc1c(F)c(F)c(OC(C)C)c(F)c1F.Cc1ccc(OC(C)C)cc1.Cc1ccccc1OC(C)C. The second-order valence-electron chi connectivity index (χ2n) is 17.5. The number of imide groups is 1. The van der Waals surface area contributed by atoms with Crippen molar-refractivity contribution in [2.24, 2.45) is 0 Å². The zero-order chi connectivity index (χ0) is 55.3. The van der Waals surface area contributed by atoms with E-state index in [0.29, 0.717) is 33.0 Å². The first kappa shape index (κ1) is 68.8. The first-order chi connectivity index (χ1) is 32.9. The second kappa shape index (κ2) is 36.6. The molecule has 402 valence electrons. The average Bonchev–Trinajstić information content (AvgIpc) is 3.59. The molecule has 0 spiro atoms. The van der Waals surface area contributed by atoms with Crippen molar-refractivity contribution < 1.29 is 60.4 Å². The van der Waals surface area contributed by atoms with Crippen molar-refractivity contribution in [2.75, 3.05) is 14.2 Å². The highest BCUT2D eigenvalue weighted by Crippen LogP contribution is 2.36. The number of amides is 2. The number of halogens is 7. The van der Waals surface area contributed by atoms with Crippen LogP contribution in [0, 0.1) is 44.0 Å². The minimum Gasteiger partial charge on any atom is -0.491 e. The molecule has 0 saturated carbocycles. The number of hydroxylamine groups is 2. The molecule has 10 nitrogen and oxygen atoms in total. The number of carbonyl (C=O) groups is 2. The second-order valence-corrected chi connectivity index (χ2v) is 18.7. The molecule has 17 heteroatoms. The third-order valence-electron chi connectivity index (χ3n) is 8.23. The van der Waals surface area contributed by atoms with Gasteiger partial charge in [0.1, 0.15) is 22.3 Å². The summed E-state index contributed by atoms with van der Waals surface area (Å²) in [6.45, 7) is 31.6. The Morgan fingerprint density at radius 2 is 0.915 bits per heavy atom. The maximum atomic E-state index is 13.2. The highest BCUT2D eigenvalue weighted by molar-refractivity contribution is 6.44. The molecule has 1 aliphatic heterocycles. The standard InChI is InChI=1S/C10H10F4O.2C10H14O.C9H9Cl3O.C7H11NO3.2C4H10O/c1-4(2)15-10-8(13)6(11)5(3)7(12)9(10)14;1-8(2)11-10-6-4-9(3)5-7-10;1-8(2)11-10-7-5-4-6-9(10)3;1-5(2)13-8-4-6(10)3-7(11)9(8)12;1-5(2)11-8-6(9)3-4-7(8)10;2*1-4(2)5-3/h4H,1-3H3;2*4-8H,1-3H3;3-5H,1-2H3;5H,3-4H2,1-2H3;2*4H,1-3H3. The molecule has 4 aromatic carbocycles. The Hall–Kier alpha value is -4.31. The maximum Gasteiger partial charge on any atom is 0.254 e. The van der Waals surface area contributed by atoms with Gasteiger partial charge in [0, 0.05) is 43.7 Å². The number of carbonyl (C=O) groups excluding carboxylic acids is 2. The van der Waals surface area contributed by atoms with Gasteiger partial charge in [-0.1, -0.05) is 70.7 Å². The lowest BCUT2D eigenvalue weighted by molar-refractivity contribution is -0.198. The van der Waals surface area contributed by atoms with Crippen LogP contribution in [-0.2, 0) is 23.9 Å². The third kappa shape index (κ3) is 30.4. The summed E-state index contributed by atoms with van der Waals surface area (Å²) in [5.74, 6) is -4.87. The summed E-state index contributed by atoms with van der Waals surface area (Å²) in [6.07, 6.45) is 1.21. The van der Waals surface area contributed by atoms with Gasteiger partial charge in [0.25, 0.3) is 11.8 Å². The zero-order valence-corrected chi connectivity index (χ0v) is 47.3. The van der Waals surface area contributed by atoms with E-state index in [-0.39, 0.29) is 49.1 Å². The van der Waals surface area contributed by atoms with Crippen molar-refractivity contribution in [3.8, 4) is 23.0 Å². The van der Waals surface area contributed by atoms with Crippen LogP contribution in [-0.4, -0.2) is 73.8 Å². The largest absolute Gasteiger partial charge is 0.491 e. The highest BCUT2D eigenvalue weighted by atomic mass is 35.5. The quantitative estimate of drug-likeness (QED) is 0.0780. The van der Waals surface area contributed by atoms with E-state index in [0.717, 1.165) is 23.5 Å². The Bertz CT molecular complexity index is 2090. The van der Waals surface area contributed by atoms with E-state index < -0.39 is 40.7 Å². The summed E-state index contributed by atoms with van der Waals surface area (Å²) in [5.41, 5.74) is 1.77. The van der Waals surface area contributed by atoms with Crippen molar-refractivity contribution in [1.82, 2.24) is 5.06 Å². The predicted octanol–water partition coefficient (Wildman–Crippen LogP) is 15.9. The fourth-order valence-corrected chi connectivity index (χ4v) is 5.28. The van der Waals surface area contributed by atoms with Crippen molar-refractivity contribution in [2.45, 2.75) is 173 Å². The van der Waals surface area contributed by atoms with E-state index in [1.807, 2.05) is 99.6 Å². The van der Waals surface area contributed by atoms with Gasteiger partial charge in [-0.2, -0.15) is 13.8 Å². The monoisotopic (exact) mass is 1070 g/mol. The Morgan fingerprint density at radius 1 is 0.507 bits per heavy atom. The minimum absolute atomic E-state index is 0.0482. The third-order valence-corrected chi connectivity index (χ3v) is 9.24. The van der Waals surface area contributed by atoms with E-state index in [4.69, 9.17) is 63.3 Å². The molecule has 4 aromatic rings. The van der Waals surface area contributed by atoms with Crippen LogP contribution in [0.25, 0.3) is 0 Å². The first-order valence-corrected chi connectivity index (χ1v) is 24.4. The number of para-hydroxylation sites is 1. The van der Waals surface area contributed by atoms with Crippen LogP contribution >= 0.6 is 34.8 Å². The lowest BCUT2D eigenvalue weighted by Gasteiger charge is -2.15. The average molecular weight is 1070 g/mol. The van der Waals surface area contributed by atoms with Crippen molar-refractivity contribution in [3.05, 3.63) is 116 Å². The van der Waals surface area contributed by atoms with Gasteiger partial charge in [-0.3, -0.25) is 14.4 Å². The zero-order valence-electron chi connectivity index (χ0n) is 45.0. The van der Waals surface area contributed by atoms with Gasteiger partial charge in [-0.05, 0) is 148 Å². The molecule has 0 aliphatic carbocycles. The van der Waals surface area contributed by atoms with Gasteiger partial charge in [0.2, 0.25) is 11.6 Å². The fourth-order valence-electron chi connectivity index (χ4n) is 4.65. The molecule has 1 fully saturated rings. The molecule has 5 rings (SSSR count). The lowest BCUT2D eigenvalue weighted by atomic mass is 10.2. The fraction of sp³-hybridized carbons (Fsp3) is 0.519. The van der Waals surface area contributed by atoms with Crippen LogP contribution in [0.5, 0.6) is 23.0 Å². The van der Waals surface area contributed by atoms with E-state index in [1.165, 1.54) is 25.0 Å². The van der Waals surface area contributed by atoms with E-state index in [1.54, 1.807) is 40.2 Å². The van der Waals surface area contributed by atoms with E-state index in [9.17, 15) is 27.2 Å². The van der Waals surface area contributed by atoms with Crippen LogP contribution in [0.2, 0.25) is 15.1 Å². The van der Waals surface area contributed by atoms with E-state index in [2.05, 4.69) is 36.8 Å². The molecule has 0 radical (unpaired) electrons. The first-order valence-electron chi connectivity index (χ1n) is 23.2. The summed E-state index contributed by atoms with van der Waals surface area (Å²) in [5, 5.41) is 2.19. The number of hydrogen-bond donors (Lipinski definition) is 0. The summed E-state index contributed by atoms with van der Waals surface area (Å²) in [7, 11) is 3.40. The van der Waals surface area contributed by atoms with Crippen molar-refractivity contribution in [3.63, 3.8) is 0 Å². The van der Waals surface area contributed by atoms with Crippen LogP contribution < -0.4 is 18.9 Å². The molecular formula is C54H78Cl3F4NO9. The number of nitrogens with zero attached hydrogens (tertiary/aromatic N) is 1. The summed E-state index contributed by atoms with van der Waals surface area (Å²) in [6, 6.07) is 19.4. The Morgan fingerprint density at radius 3 is 1.30 bits per heavy atom. The van der Waals surface area contributed by atoms with Crippen LogP contribution in [0.3, 0.4) is 0 Å². The van der Waals surface area contributed by atoms with Crippen LogP contribution in [0.1, 0.15) is 126 Å². The number of rotatable bonds is 12. The number of hydrogen-bond acceptors (Lipinski definition) is 9. The molecule has 71 heavy (non-hydrogen) atoms. The molecule has 1 heterocycles. The topological polar surface area (TPSA) is 102 Å². The molecule has 0 bridgehead atoms. The van der Waals surface area contributed by atoms with Crippen molar-refractivity contribution >= 4 is 46.6 Å². The molecule has 0 unspecified atom stereocenters. The summed E-state index contributed by atoms with van der Waals surface area (Å²) >= 11 is 17.5. The lowest BCUT2D eigenvalue weighted by Crippen LogP contribution is -2.31. The van der Waals surface area contributed by atoms with Gasteiger partial charge in [0.15, 0.2) is 17.4 Å². The molecular weight excluding hydrogens is 989 g/mol. The van der Waals surface area contributed by atoms with Gasteiger partial charge in [0.05, 0.1) is 47.8 Å². The van der Waals surface area contributed by atoms with Gasteiger partial charge < -0.3 is 28.4 Å². The highest BCUT2D eigenvalue weighted by Gasteiger charge is 2.30. The molecule has 0 aromatic heterocycles. The predicted molar refractivity (Wildman–Crippen MR) is 279 cm³/mol. The maximum absolute atomic E-state index is 13.2. The van der Waals surface area contributed by atoms with Crippen molar-refractivity contribution in [1.29, 1.82) is 0 Å². The molecule has 2 amide bonds. The summed E-state index contributed by atoms with van der Waals surface area (Å²) in [4.78, 5) is 26.8. The molecule has 0 N–H and O–H groups in total. The molecule has 0 atom stereocenters. The van der Waals surface area contributed by atoms with Gasteiger partial charge in [-0.15, -0.1) is 0 Å². The minimum atomic E-state index is -1.50. The van der Waals surface area contributed by atoms with Crippen LogP contribution in [0.15, 0.2) is 60.7 Å². The van der Waals surface area contributed by atoms with Crippen LogP contribution in [0.4, 0.5) is 17.6 Å². The number of benzene rings is 4. The normalized spacial score (nSPS) is 11.6. The Balaban J connectivity index is 0. The number of aryl methyl sites for hydroxylation is 2. The molecule has 1 aliphatic rings. The number of ether oxygens (including phenoxy) is 6. The Kier molecular flexibility index (Phi) is 35.4. The van der Waals surface area contributed by atoms with Gasteiger partial charge in [-0.25, -0.2) is 8.78 Å². The summed E-state index contributed by atoms with van der Waals surface area (Å²) < 4.78 is 82.9.